The van der Waals surface area contributed by atoms with E-state index in [2.05, 4.69) is 30.5 Å². The van der Waals surface area contributed by atoms with Gasteiger partial charge in [0.25, 0.3) is 0 Å². The minimum atomic E-state index is -0.868. The maximum Gasteiger partial charge on any atom is 0.231 e. The third kappa shape index (κ3) is 6.02. The van der Waals surface area contributed by atoms with Crippen LogP contribution >= 0.6 is 0 Å². The van der Waals surface area contributed by atoms with Crippen LogP contribution in [0, 0.1) is 18.6 Å². The Bertz CT molecular complexity index is 1170. The molecule has 0 radical (unpaired) electrons. The molecule has 8 nitrogen and oxygen atoms in total. The van der Waals surface area contributed by atoms with Crippen molar-refractivity contribution in [3.63, 3.8) is 0 Å². The summed E-state index contributed by atoms with van der Waals surface area (Å²) < 4.78 is 32.3. The van der Waals surface area contributed by atoms with Crippen LogP contribution in [-0.4, -0.2) is 40.1 Å². The second-order valence-corrected chi connectivity index (χ2v) is 8.19. The molecular weight excluding hydrogens is 442 g/mol. The van der Waals surface area contributed by atoms with Gasteiger partial charge in [-0.25, -0.2) is 18.7 Å². The number of nitrogens with zero attached hydrogens (tertiary/aromatic N) is 4. The van der Waals surface area contributed by atoms with Crippen LogP contribution < -0.4 is 15.5 Å². The van der Waals surface area contributed by atoms with Gasteiger partial charge in [0.1, 0.15) is 6.33 Å². The van der Waals surface area contributed by atoms with Gasteiger partial charge in [-0.2, -0.15) is 4.98 Å². The third-order valence-corrected chi connectivity index (χ3v) is 5.56. The minimum Gasteiger partial charge on any atom is -0.373 e. The van der Waals surface area contributed by atoms with Gasteiger partial charge < -0.3 is 20.3 Å². The summed E-state index contributed by atoms with van der Waals surface area (Å²) in [4.78, 5) is 26.5. The molecule has 2 aromatic carbocycles. The van der Waals surface area contributed by atoms with Gasteiger partial charge in [-0.3, -0.25) is 4.79 Å². The van der Waals surface area contributed by atoms with Crippen molar-refractivity contribution in [3.05, 3.63) is 65.5 Å². The van der Waals surface area contributed by atoms with Crippen LogP contribution in [0.3, 0.4) is 0 Å². The number of benzene rings is 2. The molecule has 1 saturated heterocycles. The normalized spacial score (nSPS) is 14.2. The lowest BCUT2D eigenvalue weighted by Crippen LogP contribution is -2.38. The number of hydrogen-bond acceptors (Lipinski definition) is 7. The van der Waals surface area contributed by atoms with Gasteiger partial charge in [-0.05, 0) is 55.2 Å². The van der Waals surface area contributed by atoms with E-state index in [9.17, 15) is 13.6 Å². The average molecular weight is 469 g/mol. The summed E-state index contributed by atoms with van der Waals surface area (Å²) in [6, 6.07) is 9.42. The molecule has 0 aliphatic carbocycles. The fourth-order valence-electron chi connectivity index (χ4n) is 3.72. The van der Waals surface area contributed by atoms with Crippen molar-refractivity contribution in [3.8, 4) is 0 Å². The molecule has 0 spiro atoms. The van der Waals surface area contributed by atoms with Crippen molar-refractivity contribution in [1.29, 1.82) is 0 Å². The van der Waals surface area contributed by atoms with Crippen molar-refractivity contribution in [1.82, 2.24) is 15.0 Å². The Hall–Kier alpha value is -3.66. The number of rotatable bonds is 7. The van der Waals surface area contributed by atoms with Gasteiger partial charge in [0.05, 0.1) is 12.7 Å². The number of carbonyl (C=O) groups is 1. The van der Waals surface area contributed by atoms with Crippen LogP contribution in [0.2, 0.25) is 0 Å². The highest BCUT2D eigenvalue weighted by Crippen LogP contribution is 2.24. The zero-order valence-corrected chi connectivity index (χ0v) is 19.0. The summed E-state index contributed by atoms with van der Waals surface area (Å²) in [6.07, 6.45) is 2.99. The van der Waals surface area contributed by atoms with Crippen LogP contribution in [-0.2, 0) is 16.1 Å². The van der Waals surface area contributed by atoms with E-state index < -0.39 is 11.6 Å². The number of ether oxygens (including phenoxy) is 1. The first-order chi connectivity index (χ1) is 16.4. The lowest BCUT2D eigenvalue weighted by Gasteiger charge is -2.31. The van der Waals surface area contributed by atoms with Crippen LogP contribution in [0.1, 0.15) is 30.9 Å². The number of aryl methyl sites for hydroxylation is 1. The van der Waals surface area contributed by atoms with Gasteiger partial charge >= 0.3 is 0 Å². The molecule has 2 N–H and O–H groups in total. The Labute approximate surface area is 196 Å². The van der Waals surface area contributed by atoms with Crippen LogP contribution in [0.25, 0.3) is 0 Å². The monoisotopic (exact) mass is 468 g/mol. The summed E-state index contributed by atoms with van der Waals surface area (Å²) in [5, 5.41) is 5.96. The molecule has 1 fully saturated rings. The smallest absolute Gasteiger partial charge is 0.231 e. The fourth-order valence-corrected chi connectivity index (χ4v) is 3.72. The summed E-state index contributed by atoms with van der Waals surface area (Å²) in [6.45, 7) is 5.01. The Kier molecular flexibility index (Phi) is 7.27. The number of amides is 1. The lowest BCUT2D eigenvalue weighted by atomic mass is 10.1. The predicted octanol–water partition coefficient (Wildman–Crippen LogP) is 4.35. The van der Waals surface area contributed by atoms with E-state index in [-0.39, 0.29) is 18.6 Å². The van der Waals surface area contributed by atoms with Crippen molar-refractivity contribution in [2.45, 2.75) is 39.4 Å². The number of halogens is 2. The van der Waals surface area contributed by atoms with E-state index in [4.69, 9.17) is 4.74 Å². The predicted molar refractivity (Wildman–Crippen MR) is 125 cm³/mol. The highest BCUT2D eigenvalue weighted by molar-refractivity contribution is 5.90. The molecule has 34 heavy (non-hydrogen) atoms. The molecule has 1 aliphatic heterocycles. The largest absolute Gasteiger partial charge is 0.373 e. The van der Waals surface area contributed by atoms with E-state index >= 15 is 0 Å². The minimum absolute atomic E-state index is 0.0172. The maximum absolute atomic E-state index is 13.4. The first-order valence-electron chi connectivity index (χ1n) is 11.0. The number of carbonyl (C=O) groups excluding carboxylic acids is 1. The van der Waals surface area contributed by atoms with Crippen molar-refractivity contribution >= 4 is 29.2 Å². The quantitative estimate of drug-likeness (QED) is 0.533. The molecular formula is C24H26F2N6O2. The standard InChI is InChI=1S/C24H26F2N6O2/c1-15-3-5-18(12-22(15)29-16(2)33)30-23-27-14-28-24(31-23)32-9-7-19(8-10-32)34-13-17-4-6-20(25)21(26)11-17/h3-6,11-12,14,19H,7-10,13H2,1-2H3,(H,29,33)(H,27,28,30,31). The molecule has 2 heterocycles. The second-order valence-electron chi connectivity index (χ2n) is 8.19. The number of piperidine rings is 1. The van der Waals surface area contributed by atoms with E-state index in [1.165, 1.54) is 19.3 Å². The number of nitrogens with one attached hydrogen (secondary N) is 2. The molecule has 1 aromatic heterocycles. The first kappa shape index (κ1) is 23.5. The van der Waals surface area contributed by atoms with E-state index in [0.717, 1.165) is 41.9 Å². The van der Waals surface area contributed by atoms with Crippen LogP contribution in [0.5, 0.6) is 0 Å². The number of anilines is 4. The molecule has 3 aromatic rings. The highest BCUT2D eigenvalue weighted by Gasteiger charge is 2.22. The van der Waals surface area contributed by atoms with Crippen molar-refractivity contribution in [2.75, 3.05) is 28.6 Å². The summed E-state index contributed by atoms with van der Waals surface area (Å²) in [5.41, 5.74) is 3.02. The molecule has 4 rings (SSSR count). The zero-order valence-electron chi connectivity index (χ0n) is 19.0. The molecule has 0 atom stereocenters. The van der Waals surface area contributed by atoms with Crippen LogP contribution in [0.4, 0.5) is 32.1 Å². The molecule has 10 heteroatoms. The van der Waals surface area contributed by atoms with Gasteiger partial charge in [0, 0.05) is 31.4 Å². The molecule has 0 bridgehead atoms. The van der Waals surface area contributed by atoms with Gasteiger partial charge in [-0.1, -0.05) is 12.1 Å². The van der Waals surface area contributed by atoms with Crippen molar-refractivity contribution < 1.29 is 18.3 Å². The van der Waals surface area contributed by atoms with E-state index in [1.54, 1.807) is 0 Å². The van der Waals surface area contributed by atoms with Crippen LogP contribution in [0.15, 0.2) is 42.7 Å². The molecule has 178 valence electrons. The summed E-state index contributed by atoms with van der Waals surface area (Å²) in [5.74, 6) is -0.907. The molecule has 1 aliphatic rings. The lowest BCUT2D eigenvalue weighted by molar-refractivity contribution is -0.114. The molecule has 1 amide bonds. The zero-order chi connectivity index (χ0) is 24.1. The van der Waals surface area contributed by atoms with Crippen molar-refractivity contribution in [2.24, 2.45) is 0 Å². The van der Waals surface area contributed by atoms with E-state index in [0.29, 0.717) is 30.5 Å². The second kappa shape index (κ2) is 10.5. The number of hydrogen-bond donors (Lipinski definition) is 2. The Morgan fingerprint density at radius 1 is 1.12 bits per heavy atom. The van der Waals surface area contributed by atoms with E-state index in [1.807, 2.05) is 25.1 Å². The Morgan fingerprint density at radius 2 is 1.91 bits per heavy atom. The maximum atomic E-state index is 13.4. The Morgan fingerprint density at radius 3 is 2.65 bits per heavy atom. The Balaban J connectivity index is 1.33. The topological polar surface area (TPSA) is 92.3 Å². The van der Waals surface area contributed by atoms with Gasteiger partial charge in [-0.15, -0.1) is 0 Å². The summed E-state index contributed by atoms with van der Waals surface area (Å²) in [7, 11) is 0. The summed E-state index contributed by atoms with van der Waals surface area (Å²) >= 11 is 0. The first-order valence-corrected chi connectivity index (χ1v) is 11.0. The number of aromatic nitrogens is 3. The molecule has 0 saturated carbocycles. The average Bonchev–Trinajstić information content (AvgIpc) is 2.82. The highest BCUT2D eigenvalue weighted by atomic mass is 19.2. The molecule has 0 unspecified atom stereocenters. The van der Waals surface area contributed by atoms with Gasteiger partial charge in [0.2, 0.25) is 17.8 Å². The SMILES string of the molecule is CC(=O)Nc1cc(Nc2ncnc(N3CCC(OCc4ccc(F)c(F)c4)CC3)n2)ccc1C. The third-order valence-electron chi connectivity index (χ3n) is 5.56. The fraction of sp³-hybridized carbons (Fsp3) is 0.333. The van der Waals surface area contributed by atoms with Gasteiger partial charge in [0.15, 0.2) is 11.6 Å².